The molecule has 0 amide bonds. The summed E-state index contributed by atoms with van der Waals surface area (Å²) >= 11 is 1.58. The van der Waals surface area contributed by atoms with Crippen LogP contribution in [-0.2, 0) is 19.4 Å². The second-order valence-electron chi connectivity index (χ2n) is 2.48. The molecule has 0 unspecified atom stereocenters. The zero-order chi connectivity index (χ0) is 6.85. The van der Waals surface area contributed by atoms with Crippen LogP contribution in [0.4, 0.5) is 0 Å². The second kappa shape index (κ2) is 3.05. The molecule has 1 heterocycles. The third-order valence-electron chi connectivity index (χ3n) is 1.64. The molecule has 3 heteroatoms. The fourth-order valence-corrected chi connectivity index (χ4v) is 1.68. The standard InChI is InChI=1S/C6H12N2.W/c1-7-4-3-5-8(2)6-7;/h3-5H2,1-2H3;. The van der Waals surface area contributed by atoms with Gasteiger partial charge in [-0.1, -0.05) is 0 Å². The normalized spacial score (nSPS) is 24.9. The van der Waals surface area contributed by atoms with Crippen molar-refractivity contribution >= 4 is 4.15 Å². The minimum absolute atomic E-state index is 1.24. The molecule has 9 heavy (non-hydrogen) atoms. The summed E-state index contributed by atoms with van der Waals surface area (Å²) in [6.07, 6.45) is 1.31. The Balaban J connectivity index is 2.52. The van der Waals surface area contributed by atoms with E-state index in [0.717, 1.165) is 0 Å². The number of rotatable bonds is 0. The van der Waals surface area contributed by atoms with E-state index >= 15 is 0 Å². The van der Waals surface area contributed by atoms with Crippen LogP contribution in [0.25, 0.3) is 0 Å². The Morgan fingerprint density at radius 1 is 1.22 bits per heavy atom. The molecule has 0 bridgehead atoms. The molecule has 1 fully saturated rings. The van der Waals surface area contributed by atoms with Crippen molar-refractivity contribution in [2.75, 3.05) is 27.2 Å². The first kappa shape index (κ1) is 7.58. The third kappa shape index (κ3) is 1.70. The summed E-state index contributed by atoms with van der Waals surface area (Å²) < 4.78 is 1.47. The molecular weight excluding hydrogens is 284 g/mol. The first-order valence-electron chi connectivity index (χ1n) is 3.18. The van der Waals surface area contributed by atoms with E-state index in [-0.39, 0.29) is 0 Å². The Kier molecular flexibility index (Phi) is 2.57. The Hall–Kier alpha value is 0.478. The van der Waals surface area contributed by atoms with Gasteiger partial charge in [0, 0.05) is 0 Å². The summed E-state index contributed by atoms with van der Waals surface area (Å²) in [6, 6.07) is 0. The van der Waals surface area contributed by atoms with E-state index in [0.29, 0.717) is 0 Å². The van der Waals surface area contributed by atoms with E-state index in [2.05, 4.69) is 23.9 Å². The van der Waals surface area contributed by atoms with E-state index in [9.17, 15) is 0 Å². The van der Waals surface area contributed by atoms with Gasteiger partial charge in [0.05, 0.1) is 0 Å². The molecule has 1 aliphatic heterocycles. The van der Waals surface area contributed by atoms with E-state index in [4.69, 9.17) is 0 Å². The third-order valence-corrected chi connectivity index (χ3v) is 3.88. The molecule has 0 saturated carbocycles. The Morgan fingerprint density at radius 2 is 1.67 bits per heavy atom. The zero-order valence-corrected chi connectivity index (χ0v) is 8.86. The summed E-state index contributed by atoms with van der Waals surface area (Å²) in [7, 11) is 4.33. The Labute approximate surface area is 67.2 Å². The van der Waals surface area contributed by atoms with Gasteiger partial charge in [-0.05, 0) is 0 Å². The first-order valence-corrected chi connectivity index (χ1v) is 4.64. The van der Waals surface area contributed by atoms with Crippen molar-refractivity contribution in [3.05, 3.63) is 0 Å². The van der Waals surface area contributed by atoms with Crippen LogP contribution < -0.4 is 0 Å². The summed E-state index contributed by atoms with van der Waals surface area (Å²) in [4.78, 5) is 4.66. The van der Waals surface area contributed by atoms with Gasteiger partial charge in [0.15, 0.2) is 0 Å². The Morgan fingerprint density at radius 3 is 2.00 bits per heavy atom. The molecular formula is C6H12N2W. The molecule has 0 aromatic heterocycles. The minimum atomic E-state index is 1.24. The molecule has 0 radical (unpaired) electrons. The van der Waals surface area contributed by atoms with Gasteiger partial charge in [-0.3, -0.25) is 0 Å². The van der Waals surface area contributed by atoms with Gasteiger partial charge < -0.3 is 0 Å². The molecule has 0 N–H and O–H groups in total. The quantitative estimate of drug-likeness (QED) is 0.615. The molecule has 2 nitrogen and oxygen atoms in total. The van der Waals surface area contributed by atoms with Crippen molar-refractivity contribution in [2.24, 2.45) is 0 Å². The molecule has 0 atom stereocenters. The van der Waals surface area contributed by atoms with E-state index in [1.807, 2.05) is 0 Å². The summed E-state index contributed by atoms with van der Waals surface area (Å²) in [6.45, 7) is 2.48. The van der Waals surface area contributed by atoms with Gasteiger partial charge in [0.25, 0.3) is 0 Å². The van der Waals surface area contributed by atoms with Crippen molar-refractivity contribution in [3.63, 3.8) is 0 Å². The van der Waals surface area contributed by atoms with Crippen LogP contribution in [-0.4, -0.2) is 41.1 Å². The maximum absolute atomic E-state index is 2.33. The second-order valence-corrected chi connectivity index (χ2v) is 3.79. The molecule has 0 aromatic rings. The van der Waals surface area contributed by atoms with E-state index in [1.54, 1.807) is 19.4 Å². The van der Waals surface area contributed by atoms with Crippen molar-refractivity contribution in [1.82, 2.24) is 9.80 Å². The fourth-order valence-electron chi connectivity index (χ4n) is 1.03. The number of hydrogen-bond donors (Lipinski definition) is 0. The molecule has 1 saturated heterocycles. The van der Waals surface area contributed by atoms with Crippen molar-refractivity contribution < 1.29 is 19.4 Å². The van der Waals surface area contributed by atoms with E-state index in [1.165, 1.54) is 23.7 Å². The summed E-state index contributed by atoms with van der Waals surface area (Å²) in [5, 5.41) is 0. The van der Waals surface area contributed by atoms with E-state index < -0.39 is 0 Å². The van der Waals surface area contributed by atoms with Crippen LogP contribution in [0.3, 0.4) is 0 Å². The molecule has 1 rings (SSSR count). The number of hydrogen-bond acceptors (Lipinski definition) is 2. The maximum atomic E-state index is 2.33. The molecule has 0 spiro atoms. The predicted molar refractivity (Wildman–Crippen MR) is 34.9 cm³/mol. The average molecular weight is 296 g/mol. The van der Waals surface area contributed by atoms with Crippen LogP contribution in [0.1, 0.15) is 6.42 Å². The molecule has 1 aliphatic rings. The van der Waals surface area contributed by atoms with Gasteiger partial charge >= 0.3 is 66.9 Å². The van der Waals surface area contributed by atoms with Gasteiger partial charge in [-0.2, -0.15) is 0 Å². The van der Waals surface area contributed by atoms with Gasteiger partial charge in [-0.15, -0.1) is 0 Å². The molecule has 52 valence electrons. The Bertz CT molecular complexity index is 112. The van der Waals surface area contributed by atoms with Gasteiger partial charge in [0.1, 0.15) is 0 Å². The van der Waals surface area contributed by atoms with Crippen molar-refractivity contribution in [1.29, 1.82) is 0 Å². The summed E-state index contributed by atoms with van der Waals surface area (Å²) in [5.41, 5.74) is 0. The molecule has 0 aliphatic carbocycles. The van der Waals surface area contributed by atoms with Gasteiger partial charge in [0.2, 0.25) is 0 Å². The SMILES string of the molecule is CN1CCCN(C)[C]1=[W]. The average Bonchev–Trinajstić information content (AvgIpc) is 1.83. The topological polar surface area (TPSA) is 6.48 Å². The number of nitrogens with zero attached hydrogens (tertiary/aromatic N) is 2. The fraction of sp³-hybridized carbons (Fsp3) is 0.833. The monoisotopic (exact) mass is 296 g/mol. The summed E-state index contributed by atoms with van der Waals surface area (Å²) in [5.74, 6) is 0. The van der Waals surface area contributed by atoms with Crippen LogP contribution in [0.15, 0.2) is 0 Å². The van der Waals surface area contributed by atoms with Crippen molar-refractivity contribution in [2.45, 2.75) is 6.42 Å². The predicted octanol–water partition coefficient (Wildman–Crippen LogP) is -0.112. The van der Waals surface area contributed by atoms with Crippen LogP contribution >= 0.6 is 0 Å². The first-order chi connectivity index (χ1) is 4.22. The van der Waals surface area contributed by atoms with Crippen molar-refractivity contribution in [3.8, 4) is 0 Å². The van der Waals surface area contributed by atoms with Crippen LogP contribution in [0, 0.1) is 0 Å². The zero-order valence-electron chi connectivity index (χ0n) is 5.92. The van der Waals surface area contributed by atoms with Crippen LogP contribution in [0.2, 0.25) is 0 Å². The van der Waals surface area contributed by atoms with Gasteiger partial charge in [-0.25, -0.2) is 0 Å². The van der Waals surface area contributed by atoms with Crippen LogP contribution in [0.5, 0.6) is 0 Å². The molecule has 0 aromatic carbocycles.